The van der Waals surface area contributed by atoms with Gasteiger partial charge in [-0.05, 0) is 23.8 Å². The third-order valence-electron chi connectivity index (χ3n) is 3.10. The predicted octanol–water partition coefficient (Wildman–Crippen LogP) is 3.13. The molecule has 2 heterocycles. The van der Waals surface area contributed by atoms with E-state index in [0.717, 1.165) is 16.8 Å². The molecule has 1 N–H and O–H groups in total. The standard InChI is InChI=1S/C16H13ClN4/c17-15-8-6-12(10-19-15)11-21-16(18)9-7-14(20-21)13-4-2-1-3-5-13/h1-10,18H,11H2. The maximum absolute atomic E-state index is 7.98. The van der Waals surface area contributed by atoms with Crippen molar-refractivity contribution in [1.29, 1.82) is 5.41 Å². The fourth-order valence-electron chi connectivity index (χ4n) is 2.02. The lowest BCUT2D eigenvalue weighted by Crippen LogP contribution is -2.23. The van der Waals surface area contributed by atoms with Crippen LogP contribution in [-0.2, 0) is 6.54 Å². The van der Waals surface area contributed by atoms with Crippen molar-refractivity contribution in [3.63, 3.8) is 0 Å². The van der Waals surface area contributed by atoms with Crippen LogP contribution in [0.15, 0.2) is 60.8 Å². The zero-order chi connectivity index (χ0) is 14.7. The average Bonchev–Trinajstić information content (AvgIpc) is 2.52. The van der Waals surface area contributed by atoms with E-state index in [4.69, 9.17) is 17.0 Å². The minimum atomic E-state index is 0.352. The van der Waals surface area contributed by atoms with Crippen molar-refractivity contribution < 1.29 is 0 Å². The number of rotatable bonds is 3. The van der Waals surface area contributed by atoms with Crippen molar-refractivity contribution in [3.8, 4) is 11.3 Å². The molecule has 0 aliphatic carbocycles. The molecule has 2 aromatic heterocycles. The summed E-state index contributed by atoms with van der Waals surface area (Å²) in [5, 5.41) is 13.0. The van der Waals surface area contributed by atoms with Gasteiger partial charge in [0.2, 0.25) is 0 Å². The van der Waals surface area contributed by atoms with Crippen LogP contribution in [0, 0.1) is 5.41 Å². The molecule has 1 aromatic carbocycles. The maximum atomic E-state index is 7.98. The highest BCUT2D eigenvalue weighted by atomic mass is 35.5. The topological polar surface area (TPSA) is 54.6 Å². The minimum absolute atomic E-state index is 0.352. The molecule has 0 amide bonds. The summed E-state index contributed by atoms with van der Waals surface area (Å²) in [4.78, 5) is 4.05. The fraction of sp³-hybridized carbons (Fsp3) is 0.0625. The highest BCUT2D eigenvalue weighted by Crippen LogP contribution is 2.14. The van der Waals surface area contributed by atoms with Crippen LogP contribution in [0.4, 0.5) is 0 Å². The lowest BCUT2D eigenvalue weighted by molar-refractivity contribution is 0.621. The molecule has 0 radical (unpaired) electrons. The van der Waals surface area contributed by atoms with E-state index < -0.39 is 0 Å². The quantitative estimate of drug-likeness (QED) is 0.755. The number of aromatic nitrogens is 3. The van der Waals surface area contributed by atoms with E-state index in [0.29, 0.717) is 17.2 Å². The van der Waals surface area contributed by atoms with Crippen LogP contribution in [0.5, 0.6) is 0 Å². The van der Waals surface area contributed by atoms with E-state index in [1.807, 2.05) is 42.5 Å². The molecule has 0 spiro atoms. The summed E-state index contributed by atoms with van der Waals surface area (Å²) in [6.07, 6.45) is 1.70. The monoisotopic (exact) mass is 296 g/mol. The Hall–Kier alpha value is -2.46. The third kappa shape index (κ3) is 3.17. The van der Waals surface area contributed by atoms with Gasteiger partial charge in [-0.1, -0.05) is 48.0 Å². The Balaban J connectivity index is 1.95. The summed E-state index contributed by atoms with van der Waals surface area (Å²) in [6, 6.07) is 17.1. The largest absolute Gasteiger partial charge is 0.283 e. The van der Waals surface area contributed by atoms with Crippen molar-refractivity contribution in [3.05, 3.63) is 77.0 Å². The lowest BCUT2D eigenvalue weighted by atomic mass is 10.1. The minimum Gasteiger partial charge on any atom is -0.283 e. The van der Waals surface area contributed by atoms with Crippen molar-refractivity contribution in [1.82, 2.24) is 14.8 Å². The van der Waals surface area contributed by atoms with Crippen LogP contribution in [0.25, 0.3) is 11.3 Å². The van der Waals surface area contributed by atoms with Crippen LogP contribution < -0.4 is 5.49 Å². The van der Waals surface area contributed by atoms with E-state index in [2.05, 4.69) is 10.1 Å². The van der Waals surface area contributed by atoms with Crippen LogP contribution in [0.2, 0.25) is 5.15 Å². The Morgan fingerprint density at radius 3 is 2.52 bits per heavy atom. The van der Waals surface area contributed by atoms with Gasteiger partial charge in [-0.2, -0.15) is 5.10 Å². The van der Waals surface area contributed by atoms with Gasteiger partial charge >= 0.3 is 0 Å². The summed E-state index contributed by atoms with van der Waals surface area (Å²) in [5.74, 6) is 0. The van der Waals surface area contributed by atoms with Gasteiger partial charge < -0.3 is 0 Å². The van der Waals surface area contributed by atoms with Crippen LogP contribution in [-0.4, -0.2) is 14.8 Å². The summed E-state index contributed by atoms with van der Waals surface area (Å²) < 4.78 is 1.65. The van der Waals surface area contributed by atoms with Crippen LogP contribution in [0.1, 0.15) is 5.56 Å². The lowest BCUT2D eigenvalue weighted by Gasteiger charge is -2.08. The molecule has 4 nitrogen and oxygen atoms in total. The number of halogens is 1. The Morgan fingerprint density at radius 1 is 1.00 bits per heavy atom. The molecule has 0 unspecified atom stereocenters. The van der Waals surface area contributed by atoms with E-state index in [1.165, 1.54) is 0 Å². The van der Waals surface area contributed by atoms with Crippen LogP contribution in [0.3, 0.4) is 0 Å². The number of benzene rings is 1. The zero-order valence-corrected chi connectivity index (χ0v) is 12.0. The molecule has 0 saturated heterocycles. The first kappa shape index (κ1) is 13.5. The van der Waals surface area contributed by atoms with Gasteiger partial charge in [-0.15, -0.1) is 0 Å². The molecule has 0 aliphatic rings. The Morgan fingerprint density at radius 2 is 1.81 bits per heavy atom. The fourth-order valence-corrected chi connectivity index (χ4v) is 2.13. The van der Waals surface area contributed by atoms with Gasteiger partial charge in [0.25, 0.3) is 0 Å². The smallest absolute Gasteiger partial charge is 0.141 e. The van der Waals surface area contributed by atoms with Gasteiger partial charge in [0.1, 0.15) is 10.6 Å². The first-order chi connectivity index (χ1) is 10.2. The Kier molecular flexibility index (Phi) is 3.79. The molecule has 5 heteroatoms. The molecular weight excluding hydrogens is 284 g/mol. The highest BCUT2D eigenvalue weighted by Gasteiger charge is 2.03. The summed E-state index contributed by atoms with van der Waals surface area (Å²) in [5.41, 5.74) is 3.18. The van der Waals surface area contributed by atoms with Gasteiger partial charge in [-0.25, -0.2) is 9.67 Å². The van der Waals surface area contributed by atoms with Crippen molar-refractivity contribution in [2.24, 2.45) is 0 Å². The van der Waals surface area contributed by atoms with Gasteiger partial charge in [0.15, 0.2) is 0 Å². The van der Waals surface area contributed by atoms with E-state index in [9.17, 15) is 0 Å². The molecular formula is C16H13ClN4. The summed E-state index contributed by atoms with van der Waals surface area (Å²) in [6.45, 7) is 0.490. The molecule has 3 rings (SSSR count). The third-order valence-corrected chi connectivity index (χ3v) is 3.32. The second-order valence-electron chi connectivity index (χ2n) is 4.62. The number of nitrogens with zero attached hydrogens (tertiary/aromatic N) is 3. The zero-order valence-electron chi connectivity index (χ0n) is 11.2. The molecule has 0 saturated carbocycles. The average molecular weight is 297 g/mol. The molecule has 21 heavy (non-hydrogen) atoms. The molecule has 0 atom stereocenters. The van der Waals surface area contributed by atoms with E-state index in [1.54, 1.807) is 23.0 Å². The van der Waals surface area contributed by atoms with E-state index in [-0.39, 0.29) is 0 Å². The number of hydrogen-bond donors (Lipinski definition) is 1. The maximum Gasteiger partial charge on any atom is 0.141 e. The van der Waals surface area contributed by atoms with E-state index >= 15 is 0 Å². The number of nitrogens with one attached hydrogen (secondary N) is 1. The first-order valence-electron chi connectivity index (χ1n) is 6.51. The number of pyridine rings is 1. The first-order valence-corrected chi connectivity index (χ1v) is 6.89. The second kappa shape index (κ2) is 5.89. The van der Waals surface area contributed by atoms with Gasteiger partial charge in [0.05, 0.1) is 12.2 Å². The Labute approximate surface area is 127 Å². The van der Waals surface area contributed by atoms with Gasteiger partial charge in [-0.3, -0.25) is 5.41 Å². The summed E-state index contributed by atoms with van der Waals surface area (Å²) in [7, 11) is 0. The molecule has 104 valence electrons. The second-order valence-corrected chi connectivity index (χ2v) is 5.00. The Bertz CT molecular complexity index is 795. The molecule has 0 aliphatic heterocycles. The number of hydrogen-bond acceptors (Lipinski definition) is 3. The molecule has 0 fully saturated rings. The SMILES string of the molecule is N=c1ccc(-c2ccccc2)nn1Cc1ccc(Cl)nc1. The van der Waals surface area contributed by atoms with Crippen molar-refractivity contribution >= 4 is 11.6 Å². The summed E-state index contributed by atoms with van der Waals surface area (Å²) >= 11 is 5.78. The highest BCUT2D eigenvalue weighted by molar-refractivity contribution is 6.29. The van der Waals surface area contributed by atoms with Crippen molar-refractivity contribution in [2.75, 3.05) is 0 Å². The predicted molar refractivity (Wildman–Crippen MR) is 81.9 cm³/mol. The van der Waals surface area contributed by atoms with Crippen LogP contribution >= 0.6 is 11.6 Å². The molecule has 0 bridgehead atoms. The van der Waals surface area contributed by atoms with Gasteiger partial charge in [0, 0.05) is 11.8 Å². The van der Waals surface area contributed by atoms with Crippen molar-refractivity contribution in [2.45, 2.75) is 6.54 Å². The molecule has 3 aromatic rings. The normalized spacial score (nSPS) is 10.5.